The van der Waals surface area contributed by atoms with Crippen LogP contribution < -0.4 is 0 Å². The molecule has 1 aromatic carbocycles. The van der Waals surface area contributed by atoms with Gasteiger partial charge in [0.1, 0.15) is 0 Å². The van der Waals surface area contributed by atoms with Crippen molar-refractivity contribution >= 4 is 21.8 Å². The number of rotatable bonds is 1. The Morgan fingerprint density at radius 3 is 2.68 bits per heavy atom. The molecule has 2 heterocycles. The number of halogens is 1. The summed E-state index contributed by atoms with van der Waals surface area (Å²) in [5.74, 6) is 0.0710. The van der Waals surface area contributed by atoms with Crippen LogP contribution in [0.25, 0.3) is 0 Å². The van der Waals surface area contributed by atoms with Gasteiger partial charge in [-0.2, -0.15) is 5.10 Å². The second kappa shape index (κ2) is 5.54. The van der Waals surface area contributed by atoms with Gasteiger partial charge in [-0.25, -0.2) is 0 Å². The highest BCUT2D eigenvalue weighted by Crippen LogP contribution is 2.26. The lowest BCUT2D eigenvalue weighted by atomic mass is 10.0. The van der Waals surface area contributed by atoms with Crippen LogP contribution in [0, 0.1) is 0 Å². The number of carbonyl (C=O) groups is 1. The number of hydrogen-bond donors (Lipinski definition) is 0. The molecule has 0 unspecified atom stereocenters. The van der Waals surface area contributed by atoms with Crippen molar-refractivity contribution in [2.24, 2.45) is 0 Å². The van der Waals surface area contributed by atoms with Crippen molar-refractivity contribution < 1.29 is 4.79 Å². The van der Waals surface area contributed by atoms with E-state index in [2.05, 4.69) is 46.5 Å². The van der Waals surface area contributed by atoms with Crippen molar-refractivity contribution in [3.8, 4) is 0 Å². The summed E-state index contributed by atoms with van der Waals surface area (Å²) in [6.07, 6.45) is 2.75. The Balaban J connectivity index is 1.85. The average Bonchev–Trinajstić information content (AvgIpc) is 2.90. The van der Waals surface area contributed by atoms with Gasteiger partial charge >= 0.3 is 0 Å². The molecule has 1 aliphatic rings. The average molecular weight is 362 g/mol. The van der Waals surface area contributed by atoms with Crippen molar-refractivity contribution in [2.75, 3.05) is 6.54 Å². The van der Waals surface area contributed by atoms with E-state index in [1.54, 1.807) is 0 Å². The fourth-order valence-electron chi connectivity index (χ4n) is 2.89. The second-order valence-electron chi connectivity index (χ2n) is 6.66. The minimum Gasteiger partial charge on any atom is -0.334 e. The van der Waals surface area contributed by atoms with E-state index >= 15 is 0 Å². The molecule has 0 N–H and O–H groups in total. The van der Waals surface area contributed by atoms with Crippen molar-refractivity contribution in [2.45, 2.75) is 39.3 Å². The molecule has 1 aromatic heterocycles. The second-order valence-corrected chi connectivity index (χ2v) is 7.51. The predicted octanol–water partition coefficient (Wildman–Crippen LogP) is 3.60. The molecule has 0 radical (unpaired) electrons. The van der Waals surface area contributed by atoms with Crippen molar-refractivity contribution in [3.05, 3.63) is 51.8 Å². The number of amides is 1. The fraction of sp³-hybridized carbons (Fsp3) is 0.412. The lowest BCUT2D eigenvalue weighted by Crippen LogP contribution is -2.37. The number of hydrogen-bond acceptors (Lipinski definition) is 2. The molecule has 0 saturated heterocycles. The monoisotopic (exact) mass is 361 g/mol. The Kier molecular flexibility index (Phi) is 3.85. The number of aromatic nitrogens is 2. The third-order valence-electron chi connectivity index (χ3n) is 3.96. The molecule has 0 fully saturated rings. The highest BCUT2D eigenvalue weighted by atomic mass is 79.9. The van der Waals surface area contributed by atoms with Gasteiger partial charge in [-0.15, -0.1) is 0 Å². The smallest absolute Gasteiger partial charge is 0.255 e. The zero-order chi connectivity index (χ0) is 15.9. The SMILES string of the molecule is CC(C)(C)n1ncc2c1CCN(C(=O)c1ccccc1Br)C2. The molecule has 1 amide bonds. The summed E-state index contributed by atoms with van der Waals surface area (Å²) in [7, 11) is 0. The molecule has 0 atom stereocenters. The van der Waals surface area contributed by atoms with E-state index in [1.807, 2.05) is 35.4 Å². The first-order chi connectivity index (χ1) is 10.4. The lowest BCUT2D eigenvalue weighted by Gasteiger charge is -2.30. The Bertz CT molecular complexity index is 715. The van der Waals surface area contributed by atoms with Gasteiger partial charge in [0.25, 0.3) is 5.91 Å². The zero-order valence-corrected chi connectivity index (χ0v) is 14.7. The molecule has 3 rings (SSSR count). The summed E-state index contributed by atoms with van der Waals surface area (Å²) in [6.45, 7) is 7.82. The van der Waals surface area contributed by atoms with Crippen molar-refractivity contribution in [1.29, 1.82) is 0 Å². The predicted molar refractivity (Wildman–Crippen MR) is 89.8 cm³/mol. The van der Waals surface area contributed by atoms with Crippen LogP contribution in [0.2, 0.25) is 0 Å². The quantitative estimate of drug-likeness (QED) is 0.778. The first kappa shape index (κ1) is 15.3. The van der Waals surface area contributed by atoms with Crippen LogP contribution in [-0.2, 0) is 18.5 Å². The molecule has 0 spiro atoms. The largest absolute Gasteiger partial charge is 0.334 e. The van der Waals surface area contributed by atoms with E-state index in [-0.39, 0.29) is 11.4 Å². The van der Waals surface area contributed by atoms with Crippen LogP contribution in [-0.4, -0.2) is 27.1 Å². The van der Waals surface area contributed by atoms with Gasteiger partial charge < -0.3 is 4.90 Å². The normalized spacial score (nSPS) is 14.8. The van der Waals surface area contributed by atoms with Crippen LogP contribution in [0.5, 0.6) is 0 Å². The Hall–Kier alpha value is -1.62. The van der Waals surface area contributed by atoms with Gasteiger partial charge in [-0.05, 0) is 48.8 Å². The van der Waals surface area contributed by atoms with Crippen molar-refractivity contribution in [1.82, 2.24) is 14.7 Å². The molecule has 5 heteroatoms. The third kappa shape index (κ3) is 2.70. The zero-order valence-electron chi connectivity index (χ0n) is 13.1. The van der Waals surface area contributed by atoms with E-state index in [0.29, 0.717) is 12.1 Å². The standard InChI is InChI=1S/C17H20BrN3O/c1-17(2,3)21-15-8-9-20(11-12(15)10-19-21)16(22)13-6-4-5-7-14(13)18/h4-7,10H,8-9,11H2,1-3H3. The van der Waals surface area contributed by atoms with E-state index in [4.69, 9.17) is 0 Å². The van der Waals surface area contributed by atoms with Crippen LogP contribution in [0.1, 0.15) is 42.4 Å². The maximum Gasteiger partial charge on any atom is 0.255 e. The minimum absolute atomic E-state index is 0.0256. The van der Waals surface area contributed by atoms with Gasteiger partial charge in [0, 0.05) is 35.2 Å². The van der Waals surface area contributed by atoms with E-state index in [0.717, 1.165) is 23.0 Å². The number of fused-ring (bicyclic) bond motifs is 1. The van der Waals surface area contributed by atoms with Crippen LogP contribution in [0.15, 0.2) is 34.9 Å². The first-order valence-electron chi connectivity index (χ1n) is 7.48. The number of nitrogens with zero attached hydrogens (tertiary/aromatic N) is 3. The summed E-state index contributed by atoms with van der Waals surface area (Å²) in [5, 5.41) is 4.52. The van der Waals surface area contributed by atoms with Crippen molar-refractivity contribution in [3.63, 3.8) is 0 Å². The molecular weight excluding hydrogens is 342 g/mol. The molecule has 0 bridgehead atoms. The summed E-state index contributed by atoms with van der Waals surface area (Å²) in [5.41, 5.74) is 3.10. The Labute approximate surface area is 139 Å². The Morgan fingerprint density at radius 2 is 2.00 bits per heavy atom. The van der Waals surface area contributed by atoms with Crippen LogP contribution in [0.3, 0.4) is 0 Å². The highest BCUT2D eigenvalue weighted by Gasteiger charge is 2.28. The van der Waals surface area contributed by atoms with Gasteiger partial charge in [-0.3, -0.25) is 9.48 Å². The summed E-state index contributed by atoms with van der Waals surface area (Å²) in [4.78, 5) is 14.6. The van der Waals surface area contributed by atoms with E-state index in [1.165, 1.54) is 5.69 Å². The molecule has 4 nitrogen and oxygen atoms in total. The van der Waals surface area contributed by atoms with Crippen LogP contribution in [0.4, 0.5) is 0 Å². The maximum absolute atomic E-state index is 12.7. The number of carbonyl (C=O) groups excluding carboxylic acids is 1. The summed E-state index contributed by atoms with van der Waals surface area (Å²) in [6, 6.07) is 7.58. The summed E-state index contributed by atoms with van der Waals surface area (Å²) < 4.78 is 2.93. The summed E-state index contributed by atoms with van der Waals surface area (Å²) >= 11 is 3.46. The molecule has 2 aromatic rings. The van der Waals surface area contributed by atoms with E-state index < -0.39 is 0 Å². The maximum atomic E-state index is 12.7. The minimum atomic E-state index is -0.0256. The first-order valence-corrected chi connectivity index (χ1v) is 8.27. The van der Waals surface area contributed by atoms with Crippen LogP contribution >= 0.6 is 15.9 Å². The van der Waals surface area contributed by atoms with E-state index in [9.17, 15) is 4.79 Å². The van der Waals surface area contributed by atoms with Gasteiger partial charge in [0.2, 0.25) is 0 Å². The van der Waals surface area contributed by atoms with Gasteiger partial charge in [0.05, 0.1) is 17.3 Å². The molecule has 0 saturated carbocycles. The highest BCUT2D eigenvalue weighted by molar-refractivity contribution is 9.10. The van der Waals surface area contributed by atoms with Gasteiger partial charge in [0.15, 0.2) is 0 Å². The third-order valence-corrected chi connectivity index (χ3v) is 4.65. The molecule has 0 aliphatic carbocycles. The topological polar surface area (TPSA) is 38.1 Å². The Morgan fingerprint density at radius 1 is 1.27 bits per heavy atom. The molecular formula is C17H20BrN3O. The lowest BCUT2D eigenvalue weighted by molar-refractivity contribution is 0.0731. The number of benzene rings is 1. The van der Waals surface area contributed by atoms with Gasteiger partial charge in [-0.1, -0.05) is 12.1 Å². The molecule has 1 aliphatic heterocycles. The fourth-order valence-corrected chi connectivity index (χ4v) is 3.34. The molecule has 22 heavy (non-hydrogen) atoms. The molecule has 116 valence electrons.